The van der Waals surface area contributed by atoms with Gasteiger partial charge in [-0.2, -0.15) is 9.61 Å². The molecule has 0 spiro atoms. The fourth-order valence-corrected chi connectivity index (χ4v) is 5.09. The zero-order chi connectivity index (χ0) is 24.8. The van der Waals surface area contributed by atoms with Crippen LogP contribution in [0.3, 0.4) is 0 Å². The van der Waals surface area contributed by atoms with Crippen LogP contribution < -0.4 is 10.6 Å². The highest BCUT2D eigenvalue weighted by atomic mass is 19.1. The Balaban J connectivity index is 1.47. The number of methoxy groups -OCH3 is 1. The summed E-state index contributed by atoms with van der Waals surface area (Å²) in [6.45, 7) is 1.17. The largest absolute Gasteiger partial charge is 0.379 e. The first-order valence-electron chi connectivity index (χ1n) is 12.2. The predicted octanol–water partition coefficient (Wildman–Crippen LogP) is 2.99. The first-order chi connectivity index (χ1) is 17.6. The van der Waals surface area contributed by atoms with E-state index in [4.69, 9.17) is 14.5 Å². The van der Waals surface area contributed by atoms with Gasteiger partial charge in [-0.1, -0.05) is 0 Å². The highest BCUT2D eigenvalue weighted by molar-refractivity contribution is 6.01. The van der Waals surface area contributed by atoms with Crippen molar-refractivity contribution in [1.82, 2.24) is 29.5 Å². The standard InChI is InChI=1S/C25H28FN7O3/c1-27-22-10-19(30-24-15(11-29-33(22)24)25(34)31-18-6-5-17(18)26)16-12-32(23-14(16)4-3-8-28-23)20-7-9-36-13-21(20)35-2/h3-4,8,10-12,17-18,20-21,27H,5-7,9,13H2,1-2H3,(H,31,34)/t17-,18-,20-,21+/m0/s1. The van der Waals surface area contributed by atoms with E-state index in [-0.39, 0.29) is 18.1 Å². The summed E-state index contributed by atoms with van der Waals surface area (Å²) in [6.07, 6.45) is 6.11. The fraction of sp³-hybridized carbons (Fsp3) is 0.440. The van der Waals surface area contributed by atoms with Gasteiger partial charge in [0, 0.05) is 50.2 Å². The van der Waals surface area contributed by atoms with Crippen LogP contribution in [-0.4, -0.2) is 75.7 Å². The molecule has 1 saturated carbocycles. The summed E-state index contributed by atoms with van der Waals surface area (Å²) in [5.74, 6) is 0.296. The van der Waals surface area contributed by atoms with Crippen LogP contribution in [0.25, 0.3) is 27.9 Å². The second-order valence-electron chi connectivity index (χ2n) is 9.27. The third kappa shape index (κ3) is 3.70. The van der Waals surface area contributed by atoms with E-state index in [1.807, 2.05) is 18.2 Å². The zero-order valence-electron chi connectivity index (χ0n) is 20.1. The molecule has 36 heavy (non-hydrogen) atoms. The Kier molecular flexibility index (Phi) is 5.81. The normalized spacial score (nSPS) is 24.1. The van der Waals surface area contributed by atoms with Crippen molar-refractivity contribution in [2.75, 3.05) is 32.7 Å². The van der Waals surface area contributed by atoms with E-state index in [9.17, 15) is 9.18 Å². The van der Waals surface area contributed by atoms with Gasteiger partial charge in [-0.05, 0) is 31.4 Å². The maximum absolute atomic E-state index is 13.8. The third-order valence-electron chi connectivity index (χ3n) is 7.27. The Hall–Kier alpha value is -3.57. The Labute approximate surface area is 206 Å². The van der Waals surface area contributed by atoms with E-state index >= 15 is 0 Å². The highest BCUT2D eigenvalue weighted by Crippen LogP contribution is 2.35. The number of rotatable bonds is 6. The summed E-state index contributed by atoms with van der Waals surface area (Å²) in [6, 6.07) is 5.42. The maximum Gasteiger partial charge on any atom is 0.257 e. The Morgan fingerprint density at radius 1 is 1.28 bits per heavy atom. The van der Waals surface area contributed by atoms with Gasteiger partial charge >= 0.3 is 0 Å². The lowest BCUT2D eigenvalue weighted by molar-refractivity contribution is -0.0592. The molecule has 5 heterocycles. The molecule has 2 fully saturated rings. The number of pyridine rings is 1. The molecular weight excluding hydrogens is 465 g/mol. The Morgan fingerprint density at radius 3 is 2.92 bits per heavy atom. The lowest BCUT2D eigenvalue weighted by Gasteiger charge is -2.31. The van der Waals surface area contributed by atoms with E-state index in [0.29, 0.717) is 48.8 Å². The van der Waals surface area contributed by atoms with Crippen molar-refractivity contribution >= 4 is 28.4 Å². The van der Waals surface area contributed by atoms with Crippen LogP contribution in [0.1, 0.15) is 35.7 Å². The average Bonchev–Trinajstić information content (AvgIpc) is 3.52. The molecule has 1 aliphatic carbocycles. The predicted molar refractivity (Wildman–Crippen MR) is 132 cm³/mol. The molecule has 0 aromatic carbocycles. The molecule has 4 aromatic rings. The van der Waals surface area contributed by atoms with Crippen LogP contribution in [0.15, 0.2) is 36.8 Å². The van der Waals surface area contributed by atoms with Gasteiger partial charge in [-0.3, -0.25) is 4.79 Å². The zero-order valence-corrected chi connectivity index (χ0v) is 20.1. The van der Waals surface area contributed by atoms with Gasteiger partial charge in [0.05, 0.1) is 30.6 Å². The van der Waals surface area contributed by atoms with Gasteiger partial charge in [-0.25, -0.2) is 14.4 Å². The van der Waals surface area contributed by atoms with E-state index in [2.05, 4.69) is 31.5 Å². The van der Waals surface area contributed by atoms with Crippen molar-refractivity contribution in [1.29, 1.82) is 0 Å². The van der Waals surface area contributed by atoms with Crippen LogP contribution in [-0.2, 0) is 9.47 Å². The minimum atomic E-state index is -1.01. The van der Waals surface area contributed by atoms with E-state index in [1.165, 1.54) is 6.20 Å². The summed E-state index contributed by atoms with van der Waals surface area (Å²) in [5, 5.41) is 11.2. The van der Waals surface area contributed by atoms with Gasteiger partial charge < -0.3 is 24.7 Å². The monoisotopic (exact) mass is 493 g/mol. The number of hydrogen-bond donors (Lipinski definition) is 2. The van der Waals surface area contributed by atoms with Gasteiger partial charge in [0.15, 0.2) is 5.65 Å². The van der Waals surface area contributed by atoms with Gasteiger partial charge in [0.25, 0.3) is 5.91 Å². The first kappa shape index (κ1) is 22.9. The van der Waals surface area contributed by atoms with Crippen molar-refractivity contribution in [2.45, 2.75) is 43.6 Å². The molecule has 0 radical (unpaired) electrons. The molecule has 2 aliphatic rings. The van der Waals surface area contributed by atoms with Gasteiger partial charge in [-0.15, -0.1) is 0 Å². The van der Waals surface area contributed by atoms with Crippen LogP contribution in [0.5, 0.6) is 0 Å². The highest BCUT2D eigenvalue weighted by Gasteiger charge is 2.33. The molecule has 1 amide bonds. The van der Waals surface area contributed by atoms with E-state index in [1.54, 1.807) is 24.9 Å². The molecule has 4 atom stereocenters. The van der Waals surface area contributed by atoms with Gasteiger partial charge in [0.2, 0.25) is 0 Å². The SMILES string of the molecule is CNc1cc(-c2cn([C@H]3CCOC[C@H]3OC)c3ncccc23)nc2c(C(=O)N[C@H]3CC[C@@H]3F)cnn12. The van der Waals surface area contributed by atoms with Crippen molar-refractivity contribution in [2.24, 2.45) is 0 Å². The molecule has 4 aromatic heterocycles. The number of nitrogens with one attached hydrogen (secondary N) is 2. The molecule has 2 N–H and O–H groups in total. The van der Waals surface area contributed by atoms with E-state index < -0.39 is 12.2 Å². The molecule has 10 nitrogen and oxygen atoms in total. The fourth-order valence-electron chi connectivity index (χ4n) is 5.09. The van der Waals surface area contributed by atoms with Gasteiger partial charge in [0.1, 0.15) is 29.3 Å². The Morgan fingerprint density at radius 2 is 2.17 bits per heavy atom. The van der Waals surface area contributed by atoms with Crippen molar-refractivity contribution in [3.63, 3.8) is 0 Å². The molecule has 0 unspecified atom stereocenters. The molecule has 11 heteroatoms. The van der Waals surface area contributed by atoms with Crippen molar-refractivity contribution in [3.8, 4) is 11.3 Å². The molecular formula is C25H28FN7O3. The van der Waals surface area contributed by atoms with Crippen LogP contribution >= 0.6 is 0 Å². The molecule has 1 saturated heterocycles. The number of halogens is 1. The molecule has 188 valence electrons. The minimum absolute atomic E-state index is 0.0647. The Bertz CT molecular complexity index is 1430. The third-order valence-corrected chi connectivity index (χ3v) is 7.27. The van der Waals surface area contributed by atoms with Crippen molar-refractivity contribution < 1.29 is 18.7 Å². The summed E-state index contributed by atoms with van der Waals surface area (Å²) in [5.41, 5.74) is 3.09. The summed E-state index contributed by atoms with van der Waals surface area (Å²) in [4.78, 5) is 22.5. The number of ether oxygens (including phenoxy) is 2. The number of alkyl halides is 1. The number of carbonyl (C=O) groups excluding carboxylic acids is 1. The van der Waals surface area contributed by atoms with E-state index in [0.717, 1.165) is 23.0 Å². The van der Waals surface area contributed by atoms with Crippen LogP contribution in [0.4, 0.5) is 10.2 Å². The average molecular weight is 494 g/mol. The molecule has 6 rings (SSSR count). The second-order valence-corrected chi connectivity index (χ2v) is 9.27. The lowest BCUT2D eigenvalue weighted by atomic mass is 9.90. The number of nitrogens with zero attached hydrogens (tertiary/aromatic N) is 5. The second kappa shape index (κ2) is 9.14. The van der Waals surface area contributed by atoms with Crippen LogP contribution in [0.2, 0.25) is 0 Å². The quantitative estimate of drug-likeness (QED) is 0.425. The summed E-state index contributed by atoms with van der Waals surface area (Å²) < 4.78 is 28.9. The topological polar surface area (TPSA) is 108 Å². The number of fused-ring (bicyclic) bond motifs is 2. The summed E-state index contributed by atoms with van der Waals surface area (Å²) in [7, 11) is 3.49. The number of carbonyl (C=O) groups is 1. The molecule has 1 aliphatic heterocycles. The van der Waals surface area contributed by atoms with Crippen LogP contribution in [0, 0.1) is 0 Å². The minimum Gasteiger partial charge on any atom is -0.379 e. The number of anilines is 1. The summed E-state index contributed by atoms with van der Waals surface area (Å²) >= 11 is 0. The lowest BCUT2D eigenvalue weighted by Crippen LogP contribution is -2.48. The number of hydrogen-bond acceptors (Lipinski definition) is 7. The molecule has 0 bridgehead atoms. The van der Waals surface area contributed by atoms with Crippen molar-refractivity contribution in [3.05, 3.63) is 42.4 Å². The maximum atomic E-state index is 13.8. The number of amides is 1. The number of aromatic nitrogens is 5. The smallest absolute Gasteiger partial charge is 0.257 e. The first-order valence-corrected chi connectivity index (χ1v) is 12.2.